The molecule has 5 nitrogen and oxygen atoms in total. The Bertz CT molecular complexity index is 716. The highest BCUT2D eigenvalue weighted by atomic mass is 32.2. The van der Waals surface area contributed by atoms with Crippen molar-refractivity contribution in [2.45, 2.75) is 69.2 Å². The average molecular weight is 365 g/mol. The van der Waals surface area contributed by atoms with Crippen LogP contribution in [0.15, 0.2) is 23.1 Å². The molecule has 1 N–H and O–H groups in total. The lowest BCUT2D eigenvalue weighted by Crippen LogP contribution is -2.34. The van der Waals surface area contributed by atoms with E-state index in [4.69, 9.17) is 0 Å². The highest BCUT2D eigenvalue weighted by molar-refractivity contribution is 7.89. The van der Waals surface area contributed by atoms with Crippen molar-refractivity contribution in [3.8, 4) is 0 Å². The summed E-state index contributed by atoms with van der Waals surface area (Å²) in [5.74, 6) is -0.167. The molecule has 0 bridgehead atoms. The van der Waals surface area contributed by atoms with Crippen LogP contribution in [-0.2, 0) is 10.0 Å². The Labute approximate surface area is 150 Å². The molecule has 0 spiro atoms. The molecule has 1 heterocycles. The Kier molecular flexibility index (Phi) is 5.79. The van der Waals surface area contributed by atoms with Crippen LogP contribution in [0.25, 0.3) is 0 Å². The second-order valence-corrected chi connectivity index (χ2v) is 9.16. The molecule has 25 heavy (non-hydrogen) atoms. The van der Waals surface area contributed by atoms with E-state index in [1.54, 1.807) is 29.4 Å². The number of benzene rings is 1. The molecule has 1 aromatic rings. The molecule has 1 saturated heterocycles. The minimum Gasteiger partial charge on any atom is -0.349 e. The summed E-state index contributed by atoms with van der Waals surface area (Å²) in [6, 6.07) is 5.24. The minimum absolute atomic E-state index is 0.167. The Morgan fingerprint density at radius 2 is 1.68 bits per heavy atom. The number of nitrogens with zero attached hydrogens (tertiary/aromatic N) is 1. The molecule has 3 rings (SSSR count). The van der Waals surface area contributed by atoms with Gasteiger partial charge in [-0.3, -0.25) is 4.79 Å². The van der Waals surface area contributed by atoms with Crippen LogP contribution < -0.4 is 5.32 Å². The van der Waals surface area contributed by atoms with Crippen LogP contribution in [0, 0.1) is 6.92 Å². The van der Waals surface area contributed by atoms with Gasteiger partial charge in [0, 0.05) is 24.7 Å². The molecule has 0 radical (unpaired) electrons. The third-order valence-corrected chi connectivity index (χ3v) is 7.36. The van der Waals surface area contributed by atoms with Gasteiger partial charge in [-0.1, -0.05) is 31.7 Å². The lowest BCUT2D eigenvalue weighted by atomic mass is 10.1. The summed E-state index contributed by atoms with van der Waals surface area (Å²) in [6.45, 7) is 2.93. The van der Waals surface area contributed by atoms with Crippen molar-refractivity contribution in [1.29, 1.82) is 0 Å². The molecule has 1 amide bonds. The van der Waals surface area contributed by atoms with E-state index in [0.29, 0.717) is 24.2 Å². The molecule has 6 heteroatoms. The fourth-order valence-corrected chi connectivity index (χ4v) is 5.55. The normalized spacial score (nSPS) is 20.4. The lowest BCUT2D eigenvalue weighted by Gasteiger charge is -2.21. The van der Waals surface area contributed by atoms with Crippen LogP contribution in [0.2, 0.25) is 0 Å². The zero-order valence-corrected chi connectivity index (χ0v) is 15.8. The van der Waals surface area contributed by atoms with Gasteiger partial charge in [-0.15, -0.1) is 0 Å². The first-order chi connectivity index (χ1) is 12.0. The van der Waals surface area contributed by atoms with Gasteiger partial charge in [0.05, 0.1) is 4.90 Å². The Morgan fingerprint density at radius 1 is 1.04 bits per heavy atom. The summed E-state index contributed by atoms with van der Waals surface area (Å²) >= 11 is 0. The van der Waals surface area contributed by atoms with E-state index >= 15 is 0 Å². The van der Waals surface area contributed by atoms with Crippen molar-refractivity contribution >= 4 is 15.9 Å². The maximum atomic E-state index is 13.1. The van der Waals surface area contributed by atoms with Crippen LogP contribution in [-0.4, -0.2) is 37.8 Å². The second kappa shape index (κ2) is 7.87. The number of hydrogen-bond acceptors (Lipinski definition) is 3. The van der Waals surface area contributed by atoms with Gasteiger partial charge in [-0.05, 0) is 50.3 Å². The maximum Gasteiger partial charge on any atom is 0.251 e. The fraction of sp³-hybridized carbons (Fsp3) is 0.632. The van der Waals surface area contributed by atoms with E-state index in [1.165, 1.54) is 0 Å². The van der Waals surface area contributed by atoms with E-state index in [2.05, 4.69) is 5.32 Å². The number of carbonyl (C=O) groups excluding carboxylic acids is 1. The van der Waals surface area contributed by atoms with Gasteiger partial charge >= 0.3 is 0 Å². The van der Waals surface area contributed by atoms with Gasteiger partial charge in [0.2, 0.25) is 10.0 Å². The fourth-order valence-electron chi connectivity index (χ4n) is 3.78. The molecule has 0 unspecified atom stereocenters. The van der Waals surface area contributed by atoms with Crippen molar-refractivity contribution in [2.24, 2.45) is 0 Å². The maximum absolute atomic E-state index is 13.1. The second-order valence-electron chi connectivity index (χ2n) is 7.25. The predicted octanol–water partition coefficient (Wildman–Crippen LogP) is 3.23. The van der Waals surface area contributed by atoms with Crippen LogP contribution >= 0.6 is 0 Å². The number of carbonyl (C=O) groups is 1. The van der Waals surface area contributed by atoms with Crippen molar-refractivity contribution in [2.75, 3.05) is 13.1 Å². The third kappa shape index (κ3) is 4.23. The molecule has 1 aliphatic carbocycles. The van der Waals surface area contributed by atoms with Gasteiger partial charge in [0.1, 0.15) is 0 Å². The molecular formula is C19H28N2O3S. The number of aryl methyl sites for hydroxylation is 1. The highest BCUT2D eigenvalue weighted by Crippen LogP contribution is 2.25. The molecule has 0 aromatic heterocycles. The van der Waals surface area contributed by atoms with Gasteiger partial charge in [-0.2, -0.15) is 4.31 Å². The summed E-state index contributed by atoms with van der Waals surface area (Å²) in [5, 5.41) is 3.04. The number of nitrogens with one attached hydrogen (secondary N) is 1. The summed E-state index contributed by atoms with van der Waals surface area (Å²) in [5.41, 5.74) is 1.13. The van der Waals surface area contributed by atoms with E-state index in [1.807, 2.05) is 0 Å². The van der Waals surface area contributed by atoms with E-state index < -0.39 is 10.0 Å². The average Bonchev–Trinajstić information content (AvgIpc) is 2.93. The number of hydrogen-bond donors (Lipinski definition) is 1. The molecule has 2 aliphatic rings. The van der Waals surface area contributed by atoms with Crippen molar-refractivity contribution in [1.82, 2.24) is 9.62 Å². The quantitative estimate of drug-likeness (QED) is 0.892. The first-order valence-corrected chi connectivity index (χ1v) is 10.8. The number of sulfonamides is 1. The van der Waals surface area contributed by atoms with Crippen molar-refractivity contribution in [3.05, 3.63) is 29.3 Å². The largest absolute Gasteiger partial charge is 0.349 e. The molecular weight excluding hydrogens is 336 g/mol. The van der Waals surface area contributed by atoms with Crippen LogP contribution in [0.3, 0.4) is 0 Å². The summed E-state index contributed by atoms with van der Waals surface area (Å²) in [4.78, 5) is 12.8. The molecule has 2 fully saturated rings. The van der Waals surface area contributed by atoms with Gasteiger partial charge in [0.25, 0.3) is 5.91 Å². The SMILES string of the molecule is Cc1ccc(C(=O)NC2CCCC2)cc1S(=O)(=O)N1CCCCCC1. The minimum atomic E-state index is -3.55. The van der Waals surface area contributed by atoms with E-state index in [-0.39, 0.29) is 16.8 Å². The van der Waals surface area contributed by atoms with E-state index in [9.17, 15) is 13.2 Å². The predicted molar refractivity (Wildman–Crippen MR) is 98.1 cm³/mol. The van der Waals surface area contributed by atoms with Crippen molar-refractivity contribution < 1.29 is 13.2 Å². The summed E-state index contributed by atoms with van der Waals surface area (Å²) in [7, 11) is -3.55. The molecule has 138 valence electrons. The first kappa shape index (κ1) is 18.4. The first-order valence-electron chi connectivity index (χ1n) is 9.40. The van der Waals surface area contributed by atoms with Gasteiger partial charge in [-0.25, -0.2) is 8.42 Å². The van der Waals surface area contributed by atoms with Crippen molar-refractivity contribution in [3.63, 3.8) is 0 Å². The molecule has 1 aromatic carbocycles. The Morgan fingerprint density at radius 3 is 2.32 bits per heavy atom. The Balaban J connectivity index is 1.83. The molecule has 0 atom stereocenters. The third-order valence-electron chi connectivity index (χ3n) is 5.32. The smallest absolute Gasteiger partial charge is 0.251 e. The standard InChI is InChI=1S/C19H28N2O3S/c1-15-10-11-16(19(22)20-17-8-4-5-9-17)14-18(15)25(23,24)21-12-6-2-3-7-13-21/h10-11,14,17H,2-9,12-13H2,1H3,(H,20,22). The highest BCUT2D eigenvalue weighted by Gasteiger charge is 2.28. The number of amides is 1. The molecule has 1 saturated carbocycles. The lowest BCUT2D eigenvalue weighted by molar-refractivity contribution is 0.0937. The van der Waals surface area contributed by atoms with E-state index in [0.717, 1.165) is 51.4 Å². The monoisotopic (exact) mass is 364 g/mol. The summed E-state index contributed by atoms with van der Waals surface area (Å²) < 4.78 is 27.7. The van der Waals surface area contributed by atoms with Gasteiger partial charge < -0.3 is 5.32 Å². The van der Waals surface area contributed by atoms with Crippen LogP contribution in [0.4, 0.5) is 0 Å². The number of rotatable bonds is 4. The zero-order valence-electron chi connectivity index (χ0n) is 15.0. The zero-order chi connectivity index (χ0) is 17.9. The topological polar surface area (TPSA) is 66.5 Å². The summed E-state index contributed by atoms with van der Waals surface area (Å²) in [6.07, 6.45) is 8.28. The molecule has 1 aliphatic heterocycles. The Hall–Kier alpha value is -1.40. The van der Waals surface area contributed by atoms with Crippen LogP contribution in [0.1, 0.15) is 67.3 Å². The van der Waals surface area contributed by atoms with Gasteiger partial charge in [0.15, 0.2) is 0 Å². The van der Waals surface area contributed by atoms with Crippen LogP contribution in [0.5, 0.6) is 0 Å².